The van der Waals surface area contributed by atoms with Gasteiger partial charge in [0.05, 0.1) is 19.1 Å². The summed E-state index contributed by atoms with van der Waals surface area (Å²) < 4.78 is 11.7. The predicted molar refractivity (Wildman–Crippen MR) is 83.5 cm³/mol. The zero-order valence-corrected chi connectivity index (χ0v) is 13.3. The fraction of sp³-hybridized carbons (Fsp3) is 0.357. The van der Waals surface area contributed by atoms with Crippen molar-refractivity contribution in [2.75, 3.05) is 14.2 Å². The Hall–Kier alpha value is -1.12. The van der Waals surface area contributed by atoms with Crippen molar-refractivity contribution in [3.63, 3.8) is 0 Å². The minimum absolute atomic E-state index is 0.200. The van der Waals surface area contributed by atoms with Crippen LogP contribution in [0, 0.1) is 0 Å². The summed E-state index contributed by atoms with van der Waals surface area (Å²) in [6.45, 7) is 2.01. The Morgan fingerprint density at radius 3 is 2.63 bits per heavy atom. The van der Waals surface area contributed by atoms with Crippen molar-refractivity contribution in [2.45, 2.75) is 19.8 Å². The number of hydrogen-bond donors (Lipinski definition) is 0. The Morgan fingerprint density at radius 2 is 2.05 bits per heavy atom. The van der Waals surface area contributed by atoms with Gasteiger partial charge in [0.25, 0.3) is 0 Å². The zero-order chi connectivity index (χ0) is 14.0. The highest BCUT2D eigenvalue weighted by molar-refractivity contribution is 7.29. The van der Waals surface area contributed by atoms with Crippen molar-refractivity contribution in [3.8, 4) is 11.5 Å². The van der Waals surface area contributed by atoms with E-state index in [4.69, 9.17) is 9.47 Å². The molecule has 0 aliphatic rings. The molecule has 1 heterocycles. The van der Waals surface area contributed by atoms with Gasteiger partial charge in [-0.3, -0.25) is 4.79 Å². The molecular weight excluding hydrogens is 279 g/mol. The fourth-order valence-corrected chi connectivity index (χ4v) is 3.69. The molecule has 0 amide bonds. The van der Waals surface area contributed by atoms with Gasteiger partial charge in [-0.15, -0.1) is 20.6 Å². The lowest BCUT2D eigenvalue weighted by Crippen LogP contribution is -2.02. The van der Waals surface area contributed by atoms with Gasteiger partial charge < -0.3 is 9.47 Å². The molecule has 0 bridgehead atoms. The van der Waals surface area contributed by atoms with Crippen LogP contribution in [-0.2, 0) is 0 Å². The van der Waals surface area contributed by atoms with E-state index in [2.05, 4.69) is 9.24 Å². The number of thiophene rings is 1. The molecule has 1 aromatic heterocycles. The van der Waals surface area contributed by atoms with Gasteiger partial charge in [0.15, 0.2) is 17.3 Å². The van der Waals surface area contributed by atoms with Crippen molar-refractivity contribution < 1.29 is 14.3 Å². The average molecular weight is 296 g/mol. The third-order valence-corrected chi connectivity index (χ3v) is 4.65. The van der Waals surface area contributed by atoms with E-state index in [1.165, 1.54) is 11.3 Å². The number of Topliss-reactive ketones (excluding diaryl/α,β-unsaturated/α-hetero) is 1. The number of carbonyl (C=O) groups excluding carboxylic acids is 1. The molecule has 102 valence electrons. The van der Waals surface area contributed by atoms with Crippen LogP contribution in [0.2, 0.25) is 0 Å². The first-order chi connectivity index (χ1) is 9.12. The van der Waals surface area contributed by atoms with E-state index >= 15 is 0 Å². The summed E-state index contributed by atoms with van der Waals surface area (Å²) >= 11 is 1.51. The SMILES string of the molecule is CCCC(=O)c1cc2c(P)c(OC)c(OC)cc2s1. The predicted octanol–water partition coefficient (Wildman–Crippen LogP) is 3.40. The number of hydrogen-bond acceptors (Lipinski definition) is 4. The summed E-state index contributed by atoms with van der Waals surface area (Å²) in [6, 6.07) is 3.87. The largest absolute Gasteiger partial charge is 0.493 e. The Balaban J connectivity index is 2.59. The maximum absolute atomic E-state index is 12.0. The van der Waals surface area contributed by atoms with E-state index in [-0.39, 0.29) is 5.78 Å². The topological polar surface area (TPSA) is 35.5 Å². The number of ether oxygens (including phenoxy) is 2. The van der Waals surface area contributed by atoms with E-state index in [9.17, 15) is 4.79 Å². The third kappa shape index (κ3) is 2.60. The van der Waals surface area contributed by atoms with Gasteiger partial charge >= 0.3 is 0 Å². The minimum Gasteiger partial charge on any atom is -0.493 e. The molecule has 0 aliphatic heterocycles. The molecule has 0 saturated carbocycles. The Kier molecular flexibility index (Phi) is 4.43. The highest BCUT2D eigenvalue weighted by Gasteiger charge is 2.16. The van der Waals surface area contributed by atoms with E-state index in [0.717, 1.165) is 26.7 Å². The highest BCUT2D eigenvalue weighted by atomic mass is 32.1. The molecule has 2 rings (SSSR count). The summed E-state index contributed by atoms with van der Waals surface area (Å²) in [6.07, 6.45) is 1.46. The molecule has 0 radical (unpaired) electrons. The van der Waals surface area contributed by atoms with E-state index in [1.807, 2.05) is 19.1 Å². The van der Waals surface area contributed by atoms with Crippen molar-refractivity contribution in [2.24, 2.45) is 0 Å². The van der Waals surface area contributed by atoms with E-state index in [0.29, 0.717) is 17.9 Å². The zero-order valence-electron chi connectivity index (χ0n) is 11.3. The number of ketones is 1. The quantitative estimate of drug-likeness (QED) is 0.626. The van der Waals surface area contributed by atoms with Crippen molar-refractivity contribution >= 4 is 41.8 Å². The van der Waals surface area contributed by atoms with Crippen LogP contribution in [-0.4, -0.2) is 20.0 Å². The van der Waals surface area contributed by atoms with Crippen molar-refractivity contribution in [1.82, 2.24) is 0 Å². The third-order valence-electron chi connectivity index (χ3n) is 2.96. The second-order valence-corrected chi connectivity index (χ2v) is 5.88. The number of fused-ring (bicyclic) bond motifs is 1. The standard InChI is InChI=1S/C14H17O3PS/c1-4-5-9(15)12-6-8-11(19-12)7-10(16-2)13(17-3)14(8)18/h6-7H,4-5,18H2,1-3H3. The minimum atomic E-state index is 0.200. The first kappa shape index (κ1) is 14.3. The van der Waals surface area contributed by atoms with Crippen LogP contribution >= 0.6 is 20.6 Å². The van der Waals surface area contributed by atoms with Crippen LogP contribution in [0.15, 0.2) is 12.1 Å². The van der Waals surface area contributed by atoms with Gasteiger partial charge in [0.1, 0.15) is 0 Å². The molecule has 0 aliphatic carbocycles. The summed E-state index contributed by atoms with van der Waals surface area (Å²) in [7, 11) is 5.91. The molecule has 0 saturated heterocycles. The fourth-order valence-electron chi connectivity index (χ4n) is 2.01. The molecule has 0 spiro atoms. The van der Waals surface area contributed by atoms with Crippen LogP contribution in [0.4, 0.5) is 0 Å². The maximum Gasteiger partial charge on any atom is 0.172 e. The van der Waals surface area contributed by atoms with Gasteiger partial charge in [-0.25, -0.2) is 0 Å². The Morgan fingerprint density at radius 1 is 1.32 bits per heavy atom. The smallest absolute Gasteiger partial charge is 0.172 e. The van der Waals surface area contributed by atoms with E-state index in [1.54, 1.807) is 14.2 Å². The maximum atomic E-state index is 12.0. The second kappa shape index (κ2) is 5.89. The molecule has 1 aromatic carbocycles. The first-order valence-electron chi connectivity index (χ1n) is 6.09. The van der Waals surface area contributed by atoms with Crippen LogP contribution in [0.5, 0.6) is 11.5 Å². The summed E-state index contributed by atoms with van der Waals surface area (Å²) in [5.41, 5.74) is 0. The lowest BCUT2D eigenvalue weighted by Gasteiger charge is -2.10. The molecule has 0 N–H and O–H groups in total. The lowest BCUT2D eigenvalue weighted by molar-refractivity contribution is 0.0985. The molecule has 5 heteroatoms. The van der Waals surface area contributed by atoms with Crippen LogP contribution in [0.3, 0.4) is 0 Å². The Labute approximate surface area is 119 Å². The summed E-state index contributed by atoms with van der Waals surface area (Å²) in [4.78, 5) is 12.8. The molecule has 2 aromatic rings. The average Bonchev–Trinajstić information content (AvgIpc) is 2.83. The van der Waals surface area contributed by atoms with Crippen molar-refractivity contribution in [1.29, 1.82) is 0 Å². The van der Waals surface area contributed by atoms with Gasteiger partial charge in [-0.1, -0.05) is 6.92 Å². The van der Waals surface area contributed by atoms with Crippen LogP contribution in [0.1, 0.15) is 29.4 Å². The van der Waals surface area contributed by atoms with Crippen LogP contribution in [0.25, 0.3) is 10.1 Å². The first-order valence-corrected chi connectivity index (χ1v) is 7.49. The second-order valence-electron chi connectivity index (χ2n) is 4.22. The molecule has 0 fully saturated rings. The molecular formula is C14H17O3PS. The van der Waals surface area contributed by atoms with Crippen LogP contribution < -0.4 is 14.8 Å². The molecule has 1 unspecified atom stereocenters. The lowest BCUT2D eigenvalue weighted by atomic mass is 10.1. The monoisotopic (exact) mass is 296 g/mol. The van der Waals surface area contributed by atoms with Gasteiger partial charge in [-0.2, -0.15) is 0 Å². The molecule has 3 nitrogen and oxygen atoms in total. The Bertz CT molecular complexity index is 619. The van der Waals surface area contributed by atoms with Gasteiger partial charge in [-0.05, 0) is 12.5 Å². The van der Waals surface area contributed by atoms with Gasteiger partial charge in [0.2, 0.25) is 0 Å². The number of benzene rings is 1. The highest BCUT2D eigenvalue weighted by Crippen LogP contribution is 2.36. The number of methoxy groups -OCH3 is 2. The summed E-state index contributed by atoms with van der Waals surface area (Å²) in [5, 5.41) is 1.97. The molecule has 19 heavy (non-hydrogen) atoms. The van der Waals surface area contributed by atoms with E-state index < -0.39 is 0 Å². The van der Waals surface area contributed by atoms with Gasteiger partial charge in [0, 0.05) is 27.9 Å². The van der Waals surface area contributed by atoms with Crippen molar-refractivity contribution in [3.05, 3.63) is 17.0 Å². The normalized spacial score (nSPS) is 10.7. The number of rotatable bonds is 5. The molecule has 1 atom stereocenters. The summed E-state index contributed by atoms with van der Waals surface area (Å²) in [5.74, 6) is 1.59. The number of carbonyl (C=O) groups is 1.